The number of ether oxygens (including phenoxy) is 2. The Labute approximate surface area is 149 Å². The van der Waals surface area contributed by atoms with Crippen molar-refractivity contribution < 1.29 is 19.1 Å². The summed E-state index contributed by atoms with van der Waals surface area (Å²) in [7, 11) is 0. The van der Waals surface area contributed by atoms with Gasteiger partial charge in [-0.3, -0.25) is 14.7 Å². The molecule has 0 aromatic carbocycles. The minimum atomic E-state index is -0.627. The molecule has 2 N–H and O–H groups in total. The van der Waals surface area contributed by atoms with Crippen LogP contribution in [-0.2, 0) is 14.3 Å². The maximum atomic E-state index is 13.0. The van der Waals surface area contributed by atoms with E-state index in [-0.39, 0.29) is 11.9 Å². The average molecular weight is 354 g/mol. The number of nitrogens with zero attached hydrogens (tertiary/aromatic N) is 2. The van der Waals surface area contributed by atoms with E-state index in [9.17, 15) is 9.59 Å². The summed E-state index contributed by atoms with van der Waals surface area (Å²) in [4.78, 5) is 27.4. The van der Waals surface area contributed by atoms with Gasteiger partial charge in [0.05, 0.1) is 13.2 Å². The number of alkyl carbamates (subject to hydrolysis) is 1. The first-order valence-corrected chi connectivity index (χ1v) is 9.18. The molecule has 3 aliphatic heterocycles. The molecule has 0 radical (unpaired) electrons. The predicted octanol–water partition coefficient (Wildman–Crippen LogP) is 0.337. The Kier molecular flexibility index (Phi) is 5.50. The summed E-state index contributed by atoms with van der Waals surface area (Å²) < 4.78 is 10.7. The second-order valence-corrected chi connectivity index (χ2v) is 8.17. The molecule has 1 atom stereocenters. The molecule has 1 aliphatic carbocycles. The zero-order valence-electron chi connectivity index (χ0n) is 15.4. The van der Waals surface area contributed by atoms with Gasteiger partial charge in [0.15, 0.2) is 0 Å². The second kappa shape index (κ2) is 7.47. The fraction of sp³-hybridized carbons (Fsp3) is 0.882. The summed E-state index contributed by atoms with van der Waals surface area (Å²) in [5, 5.41) is 4.51. The van der Waals surface area contributed by atoms with Crippen molar-refractivity contribution in [2.24, 2.45) is 5.92 Å². The molecule has 3 saturated heterocycles. The van der Waals surface area contributed by atoms with Crippen molar-refractivity contribution in [1.82, 2.24) is 20.7 Å². The Morgan fingerprint density at radius 1 is 1.28 bits per heavy atom. The Morgan fingerprint density at radius 3 is 2.52 bits per heavy atom. The highest BCUT2D eigenvalue weighted by Crippen LogP contribution is 2.34. The molecule has 0 aromatic rings. The van der Waals surface area contributed by atoms with Gasteiger partial charge in [-0.25, -0.2) is 10.2 Å². The lowest BCUT2D eigenvalue weighted by Crippen LogP contribution is -2.67. The lowest BCUT2D eigenvalue weighted by Gasteiger charge is -2.50. The standard InChI is InChI=1S/C17H30N4O4/c1-17(2,3)25-16(23)19-14(11-20-4-6-24-7-5-20)15(22)21-13-8-12(9-13)10-18-21/h12-14,18H,4-11H2,1-3H3,(H,19,23)/t12?,13?,14-/m0/s1. The Morgan fingerprint density at radius 2 is 1.96 bits per heavy atom. The number of nitrogens with one attached hydrogen (secondary N) is 2. The lowest BCUT2D eigenvalue weighted by molar-refractivity contribution is -0.150. The minimum Gasteiger partial charge on any atom is -0.444 e. The van der Waals surface area contributed by atoms with Crippen molar-refractivity contribution in [3.05, 3.63) is 0 Å². The molecule has 142 valence electrons. The molecule has 8 nitrogen and oxygen atoms in total. The molecule has 4 rings (SSSR count). The molecule has 4 aliphatic rings. The van der Waals surface area contributed by atoms with Crippen molar-refractivity contribution in [2.75, 3.05) is 39.4 Å². The Hall–Kier alpha value is -1.38. The van der Waals surface area contributed by atoms with Crippen molar-refractivity contribution in [3.63, 3.8) is 0 Å². The normalized spacial score (nSPS) is 28.0. The molecule has 0 aromatic heterocycles. The van der Waals surface area contributed by atoms with Gasteiger partial charge in [-0.1, -0.05) is 0 Å². The van der Waals surface area contributed by atoms with Crippen LogP contribution in [0, 0.1) is 5.92 Å². The predicted molar refractivity (Wildman–Crippen MR) is 91.8 cm³/mol. The first-order chi connectivity index (χ1) is 11.8. The third kappa shape index (κ3) is 4.83. The smallest absolute Gasteiger partial charge is 0.408 e. The largest absolute Gasteiger partial charge is 0.444 e. The lowest BCUT2D eigenvalue weighted by atomic mass is 9.78. The molecule has 3 heterocycles. The van der Waals surface area contributed by atoms with Crippen molar-refractivity contribution in [2.45, 2.75) is 51.3 Å². The van der Waals surface area contributed by atoms with Crippen LogP contribution < -0.4 is 10.7 Å². The fourth-order valence-electron chi connectivity index (χ4n) is 3.54. The van der Waals surface area contributed by atoms with Gasteiger partial charge in [0.2, 0.25) is 0 Å². The monoisotopic (exact) mass is 354 g/mol. The van der Waals surface area contributed by atoms with E-state index in [4.69, 9.17) is 9.47 Å². The average Bonchev–Trinajstić information content (AvgIpc) is 2.52. The minimum absolute atomic E-state index is 0.0829. The van der Waals surface area contributed by atoms with Gasteiger partial charge in [0.1, 0.15) is 11.6 Å². The summed E-state index contributed by atoms with van der Waals surface area (Å²) >= 11 is 0. The molecule has 0 spiro atoms. The summed E-state index contributed by atoms with van der Waals surface area (Å²) in [5.41, 5.74) is 2.61. The third-order valence-electron chi connectivity index (χ3n) is 4.90. The number of hydrogen-bond acceptors (Lipinski definition) is 6. The van der Waals surface area contributed by atoms with Crippen molar-refractivity contribution in [1.29, 1.82) is 0 Å². The number of carbonyl (C=O) groups excluding carboxylic acids is 2. The van der Waals surface area contributed by atoms with E-state index in [1.54, 1.807) is 5.01 Å². The van der Waals surface area contributed by atoms with Crippen LogP contribution in [0.2, 0.25) is 0 Å². The van der Waals surface area contributed by atoms with Crippen molar-refractivity contribution in [3.8, 4) is 0 Å². The van der Waals surface area contributed by atoms with E-state index in [2.05, 4.69) is 15.6 Å². The quantitative estimate of drug-likeness (QED) is 0.757. The molecule has 0 unspecified atom stereocenters. The van der Waals surface area contributed by atoms with Crippen LogP contribution in [0.25, 0.3) is 0 Å². The third-order valence-corrected chi connectivity index (χ3v) is 4.90. The number of fused-ring (bicyclic) bond motifs is 2. The SMILES string of the molecule is CC(C)(C)OC(=O)N[C@@H](CN1CCOCC1)C(=O)N1NCC2CC1C2. The van der Waals surface area contributed by atoms with Gasteiger partial charge in [0, 0.05) is 32.2 Å². The molecule has 2 bridgehead atoms. The maximum Gasteiger partial charge on any atom is 0.408 e. The van der Waals surface area contributed by atoms with Gasteiger partial charge < -0.3 is 14.8 Å². The van der Waals surface area contributed by atoms with Crippen LogP contribution in [0.5, 0.6) is 0 Å². The van der Waals surface area contributed by atoms with Gasteiger partial charge in [-0.15, -0.1) is 0 Å². The Bertz CT molecular complexity index is 493. The highest BCUT2D eigenvalue weighted by molar-refractivity contribution is 5.86. The van der Waals surface area contributed by atoms with E-state index in [1.165, 1.54) is 0 Å². The summed E-state index contributed by atoms with van der Waals surface area (Å²) in [6.07, 6.45) is 1.55. The molecule has 1 saturated carbocycles. The van der Waals surface area contributed by atoms with Crippen LogP contribution in [-0.4, -0.2) is 79.0 Å². The number of rotatable bonds is 4. The number of carbonyl (C=O) groups is 2. The molecular formula is C17H30N4O4. The highest BCUT2D eigenvalue weighted by atomic mass is 16.6. The number of morpholine rings is 1. The number of hydrogen-bond donors (Lipinski definition) is 2. The van der Waals surface area contributed by atoms with E-state index < -0.39 is 17.7 Å². The van der Waals surface area contributed by atoms with E-state index in [0.29, 0.717) is 25.7 Å². The maximum absolute atomic E-state index is 13.0. The second-order valence-electron chi connectivity index (χ2n) is 8.17. The number of amides is 2. The molecule has 25 heavy (non-hydrogen) atoms. The van der Waals surface area contributed by atoms with Crippen LogP contribution in [0.15, 0.2) is 0 Å². The van der Waals surface area contributed by atoms with Gasteiger partial charge in [-0.2, -0.15) is 0 Å². The highest BCUT2D eigenvalue weighted by Gasteiger charge is 2.43. The first kappa shape index (κ1) is 18.4. The van der Waals surface area contributed by atoms with Crippen LogP contribution in [0.3, 0.4) is 0 Å². The van der Waals surface area contributed by atoms with Crippen LogP contribution in [0.4, 0.5) is 4.79 Å². The fourth-order valence-corrected chi connectivity index (χ4v) is 3.54. The molecular weight excluding hydrogens is 324 g/mol. The van der Waals surface area contributed by atoms with Gasteiger partial charge >= 0.3 is 6.09 Å². The molecule has 2 amide bonds. The van der Waals surface area contributed by atoms with Gasteiger partial charge in [-0.05, 0) is 39.5 Å². The van der Waals surface area contributed by atoms with E-state index in [1.807, 2.05) is 20.8 Å². The van der Waals surface area contributed by atoms with Crippen LogP contribution >= 0.6 is 0 Å². The zero-order chi connectivity index (χ0) is 18.0. The summed E-state index contributed by atoms with van der Waals surface area (Å²) in [5.74, 6) is 0.603. The summed E-state index contributed by atoms with van der Waals surface area (Å²) in [6.45, 7) is 9.57. The number of hydrazine groups is 1. The first-order valence-electron chi connectivity index (χ1n) is 9.18. The topological polar surface area (TPSA) is 83.1 Å². The van der Waals surface area contributed by atoms with Crippen LogP contribution in [0.1, 0.15) is 33.6 Å². The van der Waals surface area contributed by atoms with Crippen molar-refractivity contribution >= 4 is 12.0 Å². The molecule has 8 heteroatoms. The van der Waals surface area contributed by atoms with E-state index >= 15 is 0 Å². The Balaban J connectivity index is 1.64. The van der Waals surface area contributed by atoms with Gasteiger partial charge in [0.25, 0.3) is 5.91 Å². The van der Waals surface area contributed by atoms with E-state index in [0.717, 1.165) is 32.5 Å². The molecule has 4 fully saturated rings. The summed E-state index contributed by atoms with van der Waals surface area (Å²) in [6, 6.07) is -0.378. The zero-order valence-corrected chi connectivity index (χ0v) is 15.4.